The van der Waals surface area contributed by atoms with E-state index in [2.05, 4.69) is 56.5 Å². The van der Waals surface area contributed by atoms with E-state index in [1.54, 1.807) is 24.3 Å². The summed E-state index contributed by atoms with van der Waals surface area (Å²) in [7, 11) is 1.74. The quantitative estimate of drug-likeness (QED) is 0.384. The third-order valence-electron chi connectivity index (χ3n) is 7.90. The Morgan fingerprint density at radius 3 is 2.51 bits per heavy atom. The molecule has 1 aliphatic heterocycles. The van der Waals surface area contributed by atoms with E-state index in [0.717, 1.165) is 29.8 Å². The van der Waals surface area contributed by atoms with E-state index in [1.165, 1.54) is 4.80 Å². The first-order chi connectivity index (χ1) is 18.4. The van der Waals surface area contributed by atoms with Crippen molar-refractivity contribution < 1.29 is 9.90 Å². The molecule has 0 spiro atoms. The predicted molar refractivity (Wildman–Crippen MR) is 150 cm³/mol. The van der Waals surface area contributed by atoms with Crippen LogP contribution in [0.25, 0.3) is 0 Å². The van der Waals surface area contributed by atoms with E-state index in [0.29, 0.717) is 54.0 Å². The smallest absolute Gasteiger partial charge is 0.407 e. The second kappa shape index (κ2) is 9.82. The van der Waals surface area contributed by atoms with Crippen LogP contribution < -0.4 is 15.5 Å². The number of carboxylic acid groups (broad SMARTS) is 1. The van der Waals surface area contributed by atoms with Crippen LogP contribution >= 0.6 is 11.6 Å². The summed E-state index contributed by atoms with van der Waals surface area (Å²) in [5.74, 6) is 2.53. The highest BCUT2D eigenvalue weighted by molar-refractivity contribution is 6.32. The maximum absolute atomic E-state index is 12.1. The lowest BCUT2D eigenvalue weighted by Gasteiger charge is -2.54. The second-order valence-corrected chi connectivity index (χ2v) is 11.9. The topological polar surface area (TPSA) is 137 Å². The number of piperazine rings is 1. The number of carbonyl (C=O) groups is 1. The maximum atomic E-state index is 12.1. The number of aryl methyl sites for hydroxylation is 2. The van der Waals surface area contributed by atoms with Crippen LogP contribution in [0.4, 0.5) is 33.9 Å². The van der Waals surface area contributed by atoms with E-state index >= 15 is 0 Å². The van der Waals surface area contributed by atoms with Gasteiger partial charge in [-0.25, -0.2) is 14.8 Å². The Hall–Kier alpha value is -3.67. The van der Waals surface area contributed by atoms with Crippen LogP contribution in [0, 0.1) is 12.3 Å². The summed E-state index contributed by atoms with van der Waals surface area (Å²) in [6.45, 7) is 11.4. The molecule has 3 N–H and O–H groups in total. The van der Waals surface area contributed by atoms with Crippen LogP contribution in [0.3, 0.4) is 0 Å². The molecule has 39 heavy (non-hydrogen) atoms. The summed E-state index contributed by atoms with van der Waals surface area (Å²) in [6, 6.07) is 1.97. The first-order valence-electron chi connectivity index (χ1n) is 13.1. The Labute approximate surface area is 232 Å². The van der Waals surface area contributed by atoms with E-state index in [9.17, 15) is 9.90 Å². The molecular formula is C26H35ClN10O2. The van der Waals surface area contributed by atoms with Crippen molar-refractivity contribution in [2.75, 3.05) is 35.2 Å². The van der Waals surface area contributed by atoms with Gasteiger partial charge in [0.1, 0.15) is 5.82 Å². The fourth-order valence-electron chi connectivity index (χ4n) is 4.99. The average molecular weight is 555 g/mol. The Morgan fingerprint density at radius 1 is 1.15 bits per heavy atom. The largest absolute Gasteiger partial charge is 0.465 e. The lowest BCUT2D eigenvalue weighted by molar-refractivity contribution is 0.00747. The van der Waals surface area contributed by atoms with Gasteiger partial charge < -0.3 is 20.6 Å². The Bertz CT molecular complexity index is 1400. The van der Waals surface area contributed by atoms with Crippen molar-refractivity contribution in [2.45, 2.75) is 58.9 Å². The van der Waals surface area contributed by atoms with Gasteiger partial charge in [-0.3, -0.25) is 4.90 Å². The number of nitrogens with zero attached hydrogens (tertiary/aromatic N) is 8. The zero-order valence-electron chi connectivity index (χ0n) is 23.2. The molecule has 0 bridgehead atoms. The van der Waals surface area contributed by atoms with Crippen molar-refractivity contribution in [3.8, 4) is 0 Å². The highest BCUT2D eigenvalue weighted by Crippen LogP contribution is 2.45. The van der Waals surface area contributed by atoms with Gasteiger partial charge in [-0.1, -0.05) is 32.4 Å². The number of anilines is 5. The van der Waals surface area contributed by atoms with E-state index in [1.807, 2.05) is 19.9 Å². The first-order valence-corrected chi connectivity index (χ1v) is 13.4. The molecule has 1 atom stereocenters. The monoisotopic (exact) mass is 554 g/mol. The fraction of sp³-hybridized carbons (Fsp3) is 0.538. The molecule has 1 unspecified atom stereocenters. The molecule has 13 heteroatoms. The van der Waals surface area contributed by atoms with Crippen LogP contribution in [0.1, 0.15) is 57.7 Å². The zero-order chi connectivity index (χ0) is 28.1. The van der Waals surface area contributed by atoms with E-state index in [4.69, 9.17) is 16.6 Å². The molecule has 3 aromatic heterocycles. The number of aromatic nitrogens is 6. The van der Waals surface area contributed by atoms with Crippen molar-refractivity contribution in [1.82, 2.24) is 34.8 Å². The van der Waals surface area contributed by atoms with Crippen LogP contribution in [-0.2, 0) is 7.05 Å². The number of pyridine rings is 1. The SMILES string of the molecule is Cc1nc(Nc2ncc(N3CCN(C(=O)O)C(C)(C(C)(C)C)C3)c(Nc3cnn(C)n3)n2)cc(C2CC2)c1Cl. The molecule has 208 valence electrons. The number of amides is 1. The Kier molecular flexibility index (Phi) is 6.78. The molecule has 2 aliphatic rings. The summed E-state index contributed by atoms with van der Waals surface area (Å²) in [6.07, 6.45) is 4.70. The molecule has 1 saturated carbocycles. The van der Waals surface area contributed by atoms with Gasteiger partial charge in [-0.05, 0) is 49.7 Å². The van der Waals surface area contributed by atoms with Crippen molar-refractivity contribution in [1.29, 1.82) is 0 Å². The maximum Gasteiger partial charge on any atom is 0.407 e. The minimum atomic E-state index is -0.919. The molecule has 4 heterocycles. The van der Waals surface area contributed by atoms with Crippen LogP contribution in [-0.4, -0.2) is 71.2 Å². The molecule has 0 aromatic carbocycles. The molecule has 12 nitrogen and oxygen atoms in total. The van der Waals surface area contributed by atoms with Gasteiger partial charge in [0.15, 0.2) is 11.6 Å². The van der Waals surface area contributed by atoms with Gasteiger partial charge in [0.25, 0.3) is 0 Å². The third-order valence-corrected chi connectivity index (χ3v) is 8.39. The molecular weight excluding hydrogens is 520 g/mol. The number of rotatable bonds is 6. The number of hydrogen-bond acceptors (Lipinski definition) is 9. The molecule has 2 fully saturated rings. The van der Waals surface area contributed by atoms with Crippen LogP contribution in [0.15, 0.2) is 18.5 Å². The number of halogens is 1. The van der Waals surface area contributed by atoms with Gasteiger partial charge in [0.05, 0.1) is 34.3 Å². The predicted octanol–water partition coefficient (Wildman–Crippen LogP) is 4.93. The summed E-state index contributed by atoms with van der Waals surface area (Å²) >= 11 is 6.52. The minimum absolute atomic E-state index is 0.317. The first kappa shape index (κ1) is 26.9. The normalized spacial score (nSPS) is 19.8. The van der Waals surface area contributed by atoms with E-state index < -0.39 is 11.6 Å². The summed E-state index contributed by atoms with van der Waals surface area (Å²) in [5, 5.41) is 25.7. The van der Waals surface area contributed by atoms with Crippen molar-refractivity contribution >= 4 is 46.8 Å². The third kappa shape index (κ3) is 5.29. The highest BCUT2D eigenvalue weighted by Gasteiger charge is 2.49. The lowest BCUT2D eigenvalue weighted by atomic mass is 9.72. The Balaban J connectivity index is 1.50. The molecule has 1 saturated heterocycles. The average Bonchev–Trinajstić information content (AvgIpc) is 3.62. The van der Waals surface area contributed by atoms with Gasteiger partial charge in [0.2, 0.25) is 5.95 Å². The van der Waals surface area contributed by atoms with Gasteiger partial charge in [0, 0.05) is 26.7 Å². The van der Waals surface area contributed by atoms with Crippen molar-refractivity contribution in [3.63, 3.8) is 0 Å². The zero-order valence-corrected chi connectivity index (χ0v) is 23.9. The van der Waals surface area contributed by atoms with Crippen LogP contribution in [0.5, 0.6) is 0 Å². The lowest BCUT2D eigenvalue weighted by Crippen LogP contribution is -2.67. The molecule has 0 radical (unpaired) electrons. The summed E-state index contributed by atoms with van der Waals surface area (Å²) < 4.78 is 0. The number of hydrogen-bond donors (Lipinski definition) is 3. The van der Waals surface area contributed by atoms with Crippen molar-refractivity contribution in [3.05, 3.63) is 34.7 Å². The Morgan fingerprint density at radius 2 is 1.90 bits per heavy atom. The number of nitrogens with one attached hydrogen (secondary N) is 2. The molecule has 3 aromatic rings. The standard InChI is InChI=1S/C26H35ClN10O2/c1-15-21(27)17(16-7-8-16)11-19(30-15)32-23-28-12-18(22(33-23)31-20-13-29-35(6)34-20)36-9-10-37(24(38)39)26(5,14-36)25(2,3)4/h11-13,16H,7-10,14H2,1-6H3,(H,38,39)(H2,28,30,31,32,33,34). The van der Waals surface area contributed by atoms with Gasteiger partial charge in [-0.2, -0.15) is 14.9 Å². The van der Waals surface area contributed by atoms with Gasteiger partial charge in [-0.15, -0.1) is 5.10 Å². The van der Waals surface area contributed by atoms with Crippen molar-refractivity contribution in [2.24, 2.45) is 12.5 Å². The fourth-order valence-corrected chi connectivity index (χ4v) is 5.24. The van der Waals surface area contributed by atoms with Crippen LogP contribution in [0.2, 0.25) is 5.02 Å². The summed E-state index contributed by atoms with van der Waals surface area (Å²) in [5.41, 5.74) is 1.63. The molecule has 1 aliphatic carbocycles. The minimum Gasteiger partial charge on any atom is -0.465 e. The second-order valence-electron chi connectivity index (χ2n) is 11.5. The molecule has 5 rings (SSSR count). The van der Waals surface area contributed by atoms with Gasteiger partial charge >= 0.3 is 6.09 Å². The summed E-state index contributed by atoms with van der Waals surface area (Å²) in [4.78, 5) is 31.3. The highest BCUT2D eigenvalue weighted by atomic mass is 35.5. The van der Waals surface area contributed by atoms with E-state index in [-0.39, 0.29) is 5.41 Å². The molecule has 1 amide bonds.